The number of carbonyl (C=O) groups excluding carboxylic acids is 2. The number of ether oxygens (including phenoxy) is 1. The van der Waals surface area contributed by atoms with Crippen LogP contribution >= 0.6 is 0 Å². The van der Waals surface area contributed by atoms with Gasteiger partial charge in [0, 0.05) is 17.3 Å². The minimum atomic E-state index is -0.102. The molecule has 2 rings (SSSR count). The predicted octanol–water partition coefficient (Wildman–Crippen LogP) is 0.615. The fraction of sp³-hybridized carbons (Fsp3) is 0.462. The standard InChI is InChI=1S/C13H16N2O3.Na.H/c1-8-10(6-18-7-16)5-12(9(2)14-8)13(17)15-11-3-4-11;;/h5,7,11H,3-4,6H2,1-2H3,(H,15,17);;. The Morgan fingerprint density at radius 3 is 2.74 bits per heavy atom. The van der Waals surface area contributed by atoms with Gasteiger partial charge < -0.3 is 10.1 Å². The van der Waals surface area contributed by atoms with Crippen LogP contribution in [0.1, 0.15) is 40.2 Å². The van der Waals surface area contributed by atoms with E-state index < -0.39 is 0 Å². The van der Waals surface area contributed by atoms with E-state index in [2.05, 4.69) is 10.3 Å². The molecule has 0 aliphatic heterocycles. The van der Waals surface area contributed by atoms with Gasteiger partial charge in [-0.3, -0.25) is 14.6 Å². The number of hydrogen-bond donors (Lipinski definition) is 1. The monoisotopic (exact) mass is 272 g/mol. The molecule has 0 atom stereocenters. The molecule has 1 N–H and O–H groups in total. The van der Waals surface area contributed by atoms with Crippen molar-refractivity contribution in [2.75, 3.05) is 0 Å². The van der Waals surface area contributed by atoms with Gasteiger partial charge in [0.1, 0.15) is 6.61 Å². The van der Waals surface area contributed by atoms with Crippen LogP contribution in [0.25, 0.3) is 0 Å². The molecule has 1 aromatic heterocycles. The first-order valence-corrected chi connectivity index (χ1v) is 5.95. The van der Waals surface area contributed by atoms with Crippen LogP contribution in [-0.4, -0.2) is 53.0 Å². The Morgan fingerprint density at radius 1 is 1.47 bits per heavy atom. The maximum absolute atomic E-state index is 12.0. The number of nitrogens with zero attached hydrogens (tertiary/aromatic N) is 1. The van der Waals surface area contributed by atoms with E-state index in [9.17, 15) is 9.59 Å². The molecule has 98 valence electrons. The van der Waals surface area contributed by atoms with Crippen molar-refractivity contribution in [3.8, 4) is 0 Å². The molecule has 19 heavy (non-hydrogen) atoms. The van der Waals surface area contributed by atoms with Gasteiger partial charge in [-0.2, -0.15) is 0 Å². The third-order valence-corrected chi connectivity index (χ3v) is 2.97. The van der Waals surface area contributed by atoms with Crippen LogP contribution in [0.5, 0.6) is 0 Å². The van der Waals surface area contributed by atoms with Crippen LogP contribution in [0.2, 0.25) is 0 Å². The third-order valence-electron chi connectivity index (χ3n) is 2.97. The first-order valence-electron chi connectivity index (χ1n) is 5.95. The molecule has 1 aliphatic rings. The van der Waals surface area contributed by atoms with E-state index in [4.69, 9.17) is 4.74 Å². The summed E-state index contributed by atoms with van der Waals surface area (Å²) in [6, 6.07) is 2.06. The van der Waals surface area contributed by atoms with Crippen molar-refractivity contribution in [3.63, 3.8) is 0 Å². The molecule has 0 aromatic carbocycles. The molecule has 0 unspecified atom stereocenters. The zero-order chi connectivity index (χ0) is 13.1. The van der Waals surface area contributed by atoms with Crippen molar-refractivity contribution >= 4 is 41.9 Å². The Kier molecular flexibility index (Phi) is 5.97. The Balaban J connectivity index is 0.00000180. The number of aromatic nitrogens is 1. The van der Waals surface area contributed by atoms with Crippen molar-refractivity contribution in [1.29, 1.82) is 0 Å². The number of aryl methyl sites for hydroxylation is 2. The molecule has 1 aliphatic carbocycles. The first kappa shape index (κ1) is 16.1. The van der Waals surface area contributed by atoms with Gasteiger partial charge in [0.05, 0.1) is 11.3 Å². The molecule has 1 amide bonds. The summed E-state index contributed by atoms with van der Waals surface area (Å²) in [6.07, 6.45) is 2.09. The van der Waals surface area contributed by atoms with Crippen molar-refractivity contribution in [2.24, 2.45) is 0 Å². The number of amides is 1. The molecular formula is C13H17N2NaO3. The number of rotatable bonds is 5. The second-order valence-corrected chi connectivity index (χ2v) is 4.52. The molecule has 1 heterocycles. The van der Waals surface area contributed by atoms with E-state index in [1.54, 1.807) is 13.0 Å². The quantitative estimate of drug-likeness (QED) is 0.630. The second-order valence-electron chi connectivity index (χ2n) is 4.52. The molecule has 1 saturated carbocycles. The maximum atomic E-state index is 12.0. The summed E-state index contributed by atoms with van der Waals surface area (Å²) in [5, 5.41) is 2.92. The normalized spacial score (nSPS) is 13.4. The van der Waals surface area contributed by atoms with Gasteiger partial charge in [-0.25, -0.2) is 0 Å². The van der Waals surface area contributed by atoms with E-state index in [-0.39, 0.29) is 42.1 Å². The number of nitrogens with one attached hydrogen (secondary N) is 1. The van der Waals surface area contributed by atoms with Crippen LogP contribution in [0, 0.1) is 13.8 Å². The zero-order valence-corrected chi connectivity index (χ0v) is 10.5. The third kappa shape index (κ3) is 4.30. The summed E-state index contributed by atoms with van der Waals surface area (Å²) < 4.78 is 4.72. The molecule has 0 saturated heterocycles. The van der Waals surface area contributed by atoms with Crippen molar-refractivity contribution in [1.82, 2.24) is 10.3 Å². The molecule has 0 spiro atoms. The predicted molar refractivity (Wildman–Crippen MR) is 72.2 cm³/mol. The van der Waals surface area contributed by atoms with Crippen molar-refractivity contribution < 1.29 is 14.3 Å². The van der Waals surface area contributed by atoms with Gasteiger partial charge in [-0.15, -0.1) is 0 Å². The summed E-state index contributed by atoms with van der Waals surface area (Å²) in [7, 11) is 0. The summed E-state index contributed by atoms with van der Waals surface area (Å²) >= 11 is 0. The van der Waals surface area contributed by atoms with Gasteiger partial charge in [0.15, 0.2) is 0 Å². The Labute approximate surface area is 134 Å². The molecular weight excluding hydrogens is 255 g/mol. The van der Waals surface area contributed by atoms with Gasteiger partial charge in [0.25, 0.3) is 12.4 Å². The topological polar surface area (TPSA) is 68.3 Å². The summed E-state index contributed by atoms with van der Waals surface area (Å²) in [4.78, 5) is 26.5. The summed E-state index contributed by atoms with van der Waals surface area (Å²) in [5.74, 6) is -0.102. The van der Waals surface area contributed by atoms with E-state index >= 15 is 0 Å². The van der Waals surface area contributed by atoms with E-state index in [1.165, 1.54) is 0 Å². The number of pyridine rings is 1. The van der Waals surface area contributed by atoms with Crippen molar-refractivity contribution in [3.05, 3.63) is 28.6 Å². The van der Waals surface area contributed by atoms with E-state index in [0.717, 1.165) is 24.1 Å². The number of carbonyl (C=O) groups is 2. The molecule has 1 aromatic rings. The molecule has 5 nitrogen and oxygen atoms in total. The van der Waals surface area contributed by atoms with Gasteiger partial charge in [-0.05, 0) is 32.8 Å². The van der Waals surface area contributed by atoms with Crippen LogP contribution in [0.15, 0.2) is 6.07 Å². The van der Waals surface area contributed by atoms with Gasteiger partial charge in [-0.1, -0.05) is 0 Å². The fourth-order valence-corrected chi connectivity index (χ4v) is 1.76. The molecule has 6 heteroatoms. The molecule has 1 fully saturated rings. The zero-order valence-electron chi connectivity index (χ0n) is 10.5. The molecule has 0 radical (unpaired) electrons. The van der Waals surface area contributed by atoms with Crippen LogP contribution in [0.4, 0.5) is 0 Å². The summed E-state index contributed by atoms with van der Waals surface area (Å²) in [5.41, 5.74) is 2.78. The number of hydrogen-bond acceptors (Lipinski definition) is 4. The van der Waals surface area contributed by atoms with E-state index in [0.29, 0.717) is 23.8 Å². The SMILES string of the molecule is Cc1nc(C)c(C(=O)NC2CC2)cc1COC=O.[NaH]. The van der Waals surface area contributed by atoms with Gasteiger partial charge >= 0.3 is 29.6 Å². The Bertz CT molecular complexity index is 487. The summed E-state index contributed by atoms with van der Waals surface area (Å²) in [6.45, 7) is 4.17. The van der Waals surface area contributed by atoms with Crippen LogP contribution < -0.4 is 5.32 Å². The second kappa shape index (κ2) is 7.03. The Morgan fingerprint density at radius 2 is 2.16 bits per heavy atom. The first-order chi connectivity index (χ1) is 8.61. The average molecular weight is 272 g/mol. The Hall–Kier alpha value is -0.910. The van der Waals surface area contributed by atoms with E-state index in [1.807, 2.05) is 6.92 Å². The van der Waals surface area contributed by atoms with Gasteiger partial charge in [0.2, 0.25) is 0 Å². The fourth-order valence-electron chi connectivity index (χ4n) is 1.76. The van der Waals surface area contributed by atoms with Crippen molar-refractivity contribution in [2.45, 2.75) is 39.3 Å². The van der Waals surface area contributed by atoms with Crippen LogP contribution in [-0.2, 0) is 16.1 Å². The van der Waals surface area contributed by atoms with Crippen LogP contribution in [0.3, 0.4) is 0 Å². The minimum absolute atomic E-state index is 0. The average Bonchev–Trinajstić information content (AvgIpc) is 3.11. The molecule has 0 bridgehead atoms.